The summed E-state index contributed by atoms with van der Waals surface area (Å²) in [7, 11) is 3.24. The molecule has 10 nitrogen and oxygen atoms in total. The van der Waals surface area contributed by atoms with Crippen molar-refractivity contribution in [1.29, 1.82) is 0 Å². The molecule has 0 bridgehead atoms. The molecule has 0 saturated heterocycles. The second kappa shape index (κ2) is 12.2. The molecular weight excluding hydrogens is 534 g/mol. The van der Waals surface area contributed by atoms with Gasteiger partial charge in [0.2, 0.25) is 11.7 Å². The number of aromatic nitrogens is 2. The molecule has 0 spiro atoms. The van der Waals surface area contributed by atoms with Gasteiger partial charge in [0.25, 0.3) is 11.8 Å². The molecule has 3 heterocycles. The highest BCUT2D eigenvalue weighted by molar-refractivity contribution is 6.30. The summed E-state index contributed by atoms with van der Waals surface area (Å²) in [6, 6.07) is 4.63. The van der Waals surface area contributed by atoms with Crippen molar-refractivity contribution in [1.82, 2.24) is 14.9 Å². The van der Waals surface area contributed by atoms with Gasteiger partial charge in [-0.2, -0.15) is 0 Å². The van der Waals surface area contributed by atoms with Crippen LogP contribution >= 0.6 is 11.6 Å². The Labute approximate surface area is 237 Å². The molecule has 0 aromatic carbocycles. The minimum absolute atomic E-state index is 0.0146. The predicted octanol–water partition coefficient (Wildman–Crippen LogP) is 5.44. The first-order chi connectivity index (χ1) is 19.0. The molecule has 1 aliphatic carbocycles. The maximum atomic E-state index is 13.4. The van der Waals surface area contributed by atoms with E-state index in [1.54, 1.807) is 33.2 Å². The lowest BCUT2D eigenvalue weighted by molar-refractivity contribution is -0.124. The zero-order chi connectivity index (χ0) is 29.1. The Morgan fingerprint density at radius 3 is 2.33 bits per heavy atom. The zero-order valence-corrected chi connectivity index (χ0v) is 24.0. The molecule has 2 unspecified atom stereocenters. The number of nitrogens with zero attached hydrogens (tertiary/aromatic N) is 3. The van der Waals surface area contributed by atoms with E-state index in [9.17, 15) is 19.2 Å². The molecule has 3 aromatic heterocycles. The quantitative estimate of drug-likeness (QED) is 0.370. The molecular formula is C29H34ClN5O5. The standard InChI is InChI=1S/C29H34ClN5O5/c1-15(17(3)36)16(2)18-6-8-19(9-7-18)27(37)34-25-24-22(12-20(13-32-24)29(39)35(4)5)40-26(25)28(38)33-23-11-10-21(30)14-31-23/h10-16,18-19H,6-9H2,1-5H3,(H,34,37)(H,31,33,38). The van der Waals surface area contributed by atoms with Crippen LogP contribution in [0.15, 0.2) is 35.0 Å². The summed E-state index contributed by atoms with van der Waals surface area (Å²) >= 11 is 5.90. The fraction of sp³-hybridized carbons (Fsp3) is 0.448. The molecule has 11 heteroatoms. The van der Waals surface area contributed by atoms with E-state index in [-0.39, 0.29) is 69.3 Å². The predicted molar refractivity (Wildman–Crippen MR) is 152 cm³/mol. The molecule has 0 radical (unpaired) electrons. The van der Waals surface area contributed by atoms with Gasteiger partial charge in [0.15, 0.2) is 5.58 Å². The van der Waals surface area contributed by atoms with Gasteiger partial charge < -0.3 is 20.0 Å². The van der Waals surface area contributed by atoms with Crippen molar-refractivity contribution >= 4 is 57.7 Å². The van der Waals surface area contributed by atoms with Crippen molar-refractivity contribution in [3.05, 3.63) is 46.9 Å². The smallest absolute Gasteiger partial charge is 0.294 e. The SMILES string of the molecule is CC(=O)C(C)C(C)C1CCC(C(=O)Nc2c(C(=O)Nc3ccc(Cl)cn3)oc3cc(C(=O)N(C)C)cnc23)CC1. The van der Waals surface area contributed by atoms with Crippen molar-refractivity contribution in [2.75, 3.05) is 24.7 Å². The molecule has 3 amide bonds. The number of Topliss-reactive ketones (excluding diaryl/α,β-unsaturated/α-hetero) is 1. The largest absolute Gasteiger partial charge is 0.447 e. The first-order valence-electron chi connectivity index (χ1n) is 13.3. The van der Waals surface area contributed by atoms with E-state index in [1.807, 2.05) is 6.92 Å². The van der Waals surface area contributed by atoms with Crippen LogP contribution in [0.1, 0.15) is 67.4 Å². The van der Waals surface area contributed by atoms with Gasteiger partial charge >= 0.3 is 0 Å². The van der Waals surface area contributed by atoms with E-state index in [4.69, 9.17) is 16.0 Å². The van der Waals surface area contributed by atoms with Crippen molar-refractivity contribution < 1.29 is 23.6 Å². The number of carbonyl (C=O) groups excluding carboxylic acids is 4. The highest BCUT2D eigenvalue weighted by Gasteiger charge is 2.33. The van der Waals surface area contributed by atoms with Crippen LogP contribution in [-0.2, 0) is 9.59 Å². The summed E-state index contributed by atoms with van der Waals surface area (Å²) in [5.41, 5.74) is 0.863. The number of anilines is 2. The first kappa shape index (κ1) is 29.2. The number of hydrogen-bond donors (Lipinski definition) is 2. The van der Waals surface area contributed by atoms with E-state index in [0.29, 0.717) is 23.8 Å². The molecule has 3 aromatic rings. The second-order valence-electron chi connectivity index (χ2n) is 10.8. The minimum atomic E-state index is -0.639. The maximum Gasteiger partial charge on any atom is 0.294 e. The third-order valence-electron chi connectivity index (χ3n) is 7.92. The van der Waals surface area contributed by atoms with Crippen molar-refractivity contribution in [3.8, 4) is 0 Å². The van der Waals surface area contributed by atoms with Crippen LogP contribution in [0.3, 0.4) is 0 Å². The van der Waals surface area contributed by atoms with Crippen LogP contribution in [-0.4, -0.2) is 52.5 Å². The van der Waals surface area contributed by atoms with E-state index in [2.05, 4.69) is 27.5 Å². The number of ketones is 1. The van der Waals surface area contributed by atoms with Crippen LogP contribution in [0.4, 0.5) is 11.5 Å². The first-order valence-corrected chi connectivity index (χ1v) is 13.7. The van der Waals surface area contributed by atoms with Crippen LogP contribution < -0.4 is 10.6 Å². The topological polar surface area (TPSA) is 134 Å². The van der Waals surface area contributed by atoms with E-state index >= 15 is 0 Å². The highest BCUT2D eigenvalue weighted by atomic mass is 35.5. The van der Waals surface area contributed by atoms with E-state index in [0.717, 1.165) is 12.8 Å². The molecule has 1 saturated carbocycles. The van der Waals surface area contributed by atoms with E-state index in [1.165, 1.54) is 23.4 Å². The summed E-state index contributed by atoms with van der Waals surface area (Å²) in [6.45, 7) is 5.70. The lowest BCUT2D eigenvalue weighted by Crippen LogP contribution is -2.32. The molecule has 1 fully saturated rings. The Morgan fingerprint density at radius 1 is 1.02 bits per heavy atom. The third kappa shape index (κ3) is 6.33. The van der Waals surface area contributed by atoms with Gasteiger partial charge in [-0.05, 0) is 62.6 Å². The van der Waals surface area contributed by atoms with Gasteiger partial charge in [-0.15, -0.1) is 0 Å². The molecule has 212 valence electrons. The summed E-state index contributed by atoms with van der Waals surface area (Å²) in [4.78, 5) is 60.9. The van der Waals surface area contributed by atoms with Gasteiger partial charge in [0.1, 0.15) is 22.8 Å². The number of carbonyl (C=O) groups is 4. The Morgan fingerprint density at radius 2 is 1.73 bits per heavy atom. The number of fused-ring (bicyclic) bond motifs is 1. The summed E-state index contributed by atoms with van der Waals surface area (Å²) in [5, 5.41) is 5.95. The Balaban J connectivity index is 1.58. The van der Waals surface area contributed by atoms with Gasteiger partial charge in [0, 0.05) is 38.3 Å². The fourth-order valence-corrected chi connectivity index (χ4v) is 5.28. The average Bonchev–Trinajstić information content (AvgIpc) is 3.30. The Bertz CT molecular complexity index is 1430. The minimum Gasteiger partial charge on any atom is -0.447 e. The molecule has 4 rings (SSSR count). The summed E-state index contributed by atoms with van der Waals surface area (Å²) in [5.74, 6) is -0.528. The van der Waals surface area contributed by atoms with Gasteiger partial charge in [-0.1, -0.05) is 25.4 Å². The third-order valence-corrected chi connectivity index (χ3v) is 8.14. The van der Waals surface area contributed by atoms with Gasteiger partial charge in [0.05, 0.1) is 10.6 Å². The van der Waals surface area contributed by atoms with Gasteiger partial charge in [-0.25, -0.2) is 9.97 Å². The molecule has 0 aliphatic heterocycles. The number of halogens is 1. The number of furan rings is 1. The Hall–Kier alpha value is -3.79. The highest BCUT2D eigenvalue weighted by Crippen LogP contribution is 2.38. The van der Waals surface area contributed by atoms with E-state index < -0.39 is 5.91 Å². The fourth-order valence-electron chi connectivity index (χ4n) is 5.16. The van der Waals surface area contributed by atoms with Crippen LogP contribution in [0, 0.1) is 23.7 Å². The number of nitrogens with one attached hydrogen (secondary N) is 2. The molecule has 2 atom stereocenters. The maximum absolute atomic E-state index is 13.4. The van der Waals surface area contributed by atoms with Crippen LogP contribution in [0.2, 0.25) is 5.02 Å². The molecule has 1 aliphatic rings. The lowest BCUT2D eigenvalue weighted by atomic mass is 9.72. The number of amides is 3. The van der Waals surface area contributed by atoms with Crippen molar-refractivity contribution in [2.24, 2.45) is 23.7 Å². The van der Waals surface area contributed by atoms with Crippen molar-refractivity contribution in [2.45, 2.75) is 46.5 Å². The molecule has 40 heavy (non-hydrogen) atoms. The number of pyridine rings is 2. The summed E-state index contributed by atoms with van der Waals surface area (Å²) < 4.78 is 5.87. The lowest BCUT2D eigenvalue weighted by Gasteiger charge is -2.33. The van der Waals surface area contributed by atoms with Crippen LogP contribution in [0.25, 0.3) is 11.1 Å². The number of rotatable bonds is 8. The number of hydrogen-bond acceptors (Lipinski definition) is 7. The second-order valence-corrected chi connectivity index (χ2v) is 11.2. The van der Waals surface area contributed by atoms with Crippen molar-refractivity contribution in [3.63, 3.8) is 0 Å². The normalized spacial score (nSPS) is 18.6. The van der Waals surface area contributed by atoms with Gasteiger partial charge in [-0.3, -0.25) is 19.2 Å². The zero-order valence-electron chi connectivity index (χ0n) is 23.3. The molecule has 2 N–H and O–H groups in total. The van der Waals surface area contributed by atoms with Crippen LogP contribution in [0.5, 0.6) is 0 Å². The monoisotopic (exact) mass is 567 g/mol. The summed E-state index contributed by atoms with van der Waals surface area (Å²) in [6.07, 6.45) is 5.81. The average molecular weight is 568 g/mol. The Kier molecular flexibility index (Phi) is 8.88.